The lowest BCUT2D eigenvalue weighted by atomic mass is 10.0. The van der Waals surface area contributed by atoms with Crippen molar-refractivity contribution in [3.8, 4) is 11.1 Å². The van der Waals surface area contributed by atoms with Crippen LogP contribution in [0.1, 0.15) is 56.7 Å². The van der Waals surface area contributed by atoms with E-state index in [1.807, 2.05) is 6.20 Å². The largest absolute Gasteiger partial charge is 0.354 e. The Morgan fingerprint density at radius 1 is 0.742 bits per heavy atom. The molecule has 5 rings (SSSR count). The normalized spacial score (nSPS) is 22.7. The number of rotatable bonds is 5. The van der Waals surface area contributed by atoms with Crippen LogP contribution in [0, 0.1) is 0 Å². The molecule has 0 spiro atoms. The fraction of sp³-hybridized carbons (Fsp3) is 0.577. The molecule has 0 amide bonds. The first kappa shape index (κ1) is 20.9. The second kappa shape index (κ2) is 9.68. The van der Waals surface area contributed by atoms with Gasteiger partial charge in [0.1, 0.15) is 5.82 Å². The summed E-state index contributed by atoms with van der Waals surface area (Å²) in [6, 6.07) is 14.0. The molecule has 3 fully saturated rings. The highest BCUT2D eigenvalue weighted by Gasteiger charge is 2.26. The third-order valence-corrected chi connectivity index (χ3v) is 7.60. The van der Waals surface area contributed by atoms with Crippen LogP contribution in [0.3, 0.4) is 0 Å². The first-order chi connectivity index (χ1) is 15.3. The average Bonchev–Trinajstić information content (AvgIpc) is 3.40. The highest BCUT2D eigenvalue weighted by molar-refractivity contribution is 5.64. The molecule has 1 aliphatic carbocycles. The number of piperidine rings is 1. The van der Waals surface area contributed by atoms with E-state index in [1.54, 1.807) is 0 Å². The lowest BCUT2D eigenvalue weighted by molar-refractivity contribution is 0.167. The Balaban J connectivity index is 1.19. The lowest BCUT2D eigenvalue weighted by Crippen LogP contribution is -2.49. The van der Waals surface area contributed by atoms with Crippen molar-refractivity contribution in [2.75, 3.05) is 44.2 Å². The van der Waals surface area contributed by atoms with Gasteiger partial charge in [0.25, 0.3) is 0 Å². The Morgan fingerprint density at radius 2 is 1.42 bits per heavy atom. The summed E-state index contributed by atoms with van der Waals surface area (Å²) >= 11 is 0. The van der Waals surface area contributed by atoms with Gasteiger partial charge in [0, 0.05) is 44.0 Å². The van der Waals surface area contributed by atoms with Crippen molar-refractivity contribution in [1.82, 2.24) is 14.8 Å². The monoisotopic (exact) mass is 419 g/mol. The number of hydrogen-bond acceptors (Lipinski definition) is 5. The summed E-state index contributed by atoms with van der Waals surface area (Å²) in [5.74, 6) is 1.11. The standard InChI is InChI=1S/C26H37N5/c27-26(31-14-4-1-5-15-31)22-10-8-21(9-11-22)23-12-13-25(28-20-23)30-18-16-29(17-19-30)24-6-2-3-7-24/h8-13,20,24,26H,1-7,14-19,27H2. The van der Waals surface area contributed by atoms with Gasteiger partial charge in [-0.3, -0.25) is 9.80 Å². The summed E-state index contributed by atoms with van der Waals surface area (Å²) in [6.45, 7) is 6.75. The van der Waals surface area contributed by atoms with Crippen molar-refractivity contribution in [2.24, 2.45) is 5.73 Å². The van der Waals surface area contributed by atoms with Gasteiger partial charge >= 0.3 is 0 Å². The summed E-state index contributed by atoms with van der Waals surface area (Å²) in [4.78, 5) is 12.4. The van der Waals surface area contributed by atoms with Crippen molar-refractivity contribution in [2.45, 2.75) is 57.2 Å². The van der Waals surface area contributed by atoms with Crippen molar-refractivity contribution >= 4 is 5.82 Å². The molecular formula is C26H37N5. The maximum Gasteiger partial charge on any atom is 0.128 e. The molecular weight excluding hydrogens is 382 g/mol. The third-order valence-electron chi connectivity index (χ3n) is 7.60. The van der Waals surface area contributed by atoms with E-state index < -0.39 is 0 Å². The predicted octanol–water partition coefficient (Wildman–Crippen LogP) is 4.26. The predicted molar refractivity (Wildman–Crippen MR) is 128 cm³/mol. The Morgan fingerprint density at radius 3 is 2.06 bits per heavy atom. The van der Waals surface area contributed by atoms with Gasteiger partial charge in [-0.2, -0.15) is 0 Å². The van der Waals surface area contributed by atoms with Gasteiger partial charge in [0.2, 0.25) is 0 Å². The second-order valence-corrected chi connectivity index (χ2v) is 9.53. The van der Waals surface area contributed by atoms with Gasteiger partial charge < -0.3 is 10.6 Å². The maximum absolute atomic E-state index is 6.52. The van der Waals surface area contributed by atoms with Crippen LogP contribution in [0.5, 0.6) is 0 Å². The Hall–Kier alpha value is -1.95. The van der Waals surface area contributed by atoms with Crippen molar-refractivity contribution in [3.05, 3.63) is 48.2 Å². The summed E-state index contributed by atoms with van der Waals surface area (Å²) in [5.41, 5.74) is 10.1. The number of nitrogens with two attached hydrogens (primary N) is 1. The minimum absolute atomic E-state index is 0.0118. The van der Waals surface area contributed by atoms with Crippen LogP contribution in [-0.2, 0) is 0 Å². The molecule has 2 N–H and O–H groups in total. The number of hydrogen-bond donors (Lipinski definition) is 1. The molecule has 2 aliphatic heterocycles. The van der Waals surface area contributed by atoms with E-state index in [0.717, 1.165) is 38.0 Å². The zero-order valence-corrected chi connectivity index (χ0v) is 18.8. The molecule has 1 aromatic heterocycles. The highest BCUT2D eigenvalue weighted by atomic mass is 15.3. The van der Waals surface area contributed by atoms with Gasteiger partial charge in [-0.1, -0.05) is 43.5 Å². The van der Waals surface area contributed by atoms with Crippen LogP contribution in [0.25, 0.3) is 11.1 Å². The maximum atomic E-state index is 6.52. The molecule has 1 aromatic carbocycles. The molecule has 0 bridgehead atoms. The van der Waals surface area contributed by atoms with Crippen molar-refractivity contribution in [3.63, 3.8) is 0 Å². The van der Waals surface area contributed by atoms with E-state index in [-0.39, 0.29) is 6.17 Å². The molecule has 1 saturated carbocycles. The van der Waals surface area contributed by atoms with Crippen LogP contribution in [-0.4, -0.2) is 60.1 Å². The number of likely N-dealkylation sites (tertiary alicyclic amines) is 1. The average molecular weight is 420 g/mol. The van der Waals surface area contributed by atoms with Crippen LogP contribution in [0.2, 0.25) is 0 Å². The first-order valence-corrected chi connectivity index (χ1v) is 12.3. The molecule has 3 aliphatic rings. The van der Waals surface area contributed by atoms with E-state index in [1.165, 1.54) is 74.7 Å². The fourth-order valence-corrected chi connectivity index (χ4v) is 5.61. The number of piperazine rings is 1. The molecule has 5 nitrogen and oxygen atoms in total. The molecule has 3 heterocycles. The summed E-state index contributed by atoms with van der Waals surface area (Å²) in [5, 5.41) is 0. The zero-order valence-electron chi connectivity index (χ0n) is 18.8. The van der Waals surface area contributed by atoms with Gasteiger partial charge in [-0.15, -0.1) is 0 Å². The summed E-state index contributed by atoms with van der Waals surface area (Å²) < 4.78 is 0. The van der Waals surface area contributed by atoms with E-state index in [9.17, 15) is 0 Å². The number of anilines is 1. The smallest absolute Gasteiger partial charge is 0.128 e. The molecule has 2 saturated heterocycles. The summed E-state index contributed by atoms with van der Waals surface area (Å²) in [7, 11) is 0. The highest BCUT2D eigenvalue weighted by Crippen LogP contribution is 2.27. The number of aromatic nitrogens is 1. The van der Waals surface area contributed by atoms with Gasteiger partial charge in [0.05, 0.1) is 6.17 Å². The minimum Gasteiger partial charge on any atom is -0.354 e. The zero-order chi connectivity index (χ0) is 21.0. The van der Waals surface area contributed by atoms with Crippen LogP contribution in [0.15, 0.2) is 42.6 Å². The van der Waals surface area contributed by atoms with E-state index in [2.05, 4.69) is 51.1 Å². The number of benzene rings is 1. The van der Waals surface area contributed by atoms with E-state index in [0.29, 0.717) is 0 Å². The first-order valence-electron chi connectivity index (χ1n) is 12.3. The number of nitrogens with zero attached hydrogens (tertiary/aromatic N) is 4. The van der Waals surface area contributed by atoms with E-state index >= 15 is 0 Å². The quantitative estimate of drug-likeness (QED) is 0.785. The molecule has 5 heteroatoms. The molecule has 2 aromatic rings. The Kier molecular flexibility index (Phi) is 6.53. The summed E-state index contributed by atoms with van der Waals surface area (Å²) in [6.07, 6.45) is 11.5. The van der Waals surface area contributed by atoms with Crippen molar-refractivity contribution in [1.29, 1.82) is 0 Å². The molecule has 166 valence electrons. The van der Waals surface area contributed by atoms with Gasteiger partial charge in [0.15, 0.2) is 0 Å². The SMILES string of the molecule is NC(c1ccc(-c2ccc(N3CCN(C4CCCC4)CC3)nc2)cc1)N1CCCCC1. The molecule has 1 atom stereocenters. The second-order valence-electron chi connectivity index (χ2n) is 9.53. The van der Waals surface area contributed by atoms with Gasteiger partial charge in [-0.05, 0) is 62.0 Å². The third kappa shape index (κ3) is 4.79. The topological polar surface area (TPSA) is 48.6 Å². The molecule has 0 radical (unpaired) electrons. The minimum atomic E-state index is 0.0118. The van der Waals surface area contributed by atoms with Crippen LogP contribution < -0.4 is 10.6 Å². The molecule has 1 unspecified atom stereocenters. The van der Waals surface area contributed by atoms with E-state index in [4.69, 9.17) is 10.7 Å². The van der Waals surface area contributed by atoms with Crippen molar-refractivity contribution < 1.29 is 0 Å². The van der Waals surface area contributed by atoms with Gasteiger partial charge in [-0.25, -0.2) is 4.98 Å². The number of pyridine rings is 1. The fourth-order valence-electron chi connectivity index (χ4n) is 5.61. The molecule has 31 heavy (non-hydrogen) atoms. The Labute approximate surface area is 187 Å². The Bertz CT molecular complexity index is 814. The van der Waals surface area contributed by atoms with Crippen LogP contribution in [0.4, 0.5) is 5.82 Å². The van der Waals surface area contributed by atoms with Crippen LogP contribution >= 0.6 is 0 Å². The lowest BCUT2D eigenvalue weighted by Gasteiger charge is -2.38.